The molecule has 0 saturated heterocycles. The van der Waals surface area contributed by atoms with Crippen LogP contribution in [0.5, 0.6) is 0 Å². The zero-order chi connectivity index (χ0) is 44.2. The fourth-order valence-corrected chi connectivity index (χ4v) is 7.90. The molecule has 0 aromatic heterocycles. The van der Waals surface area contributed by atoms with E-state index >= 15 is 0 Å². The molecule has 0 aliphatic rings. The average molecular weight is 855 g/mol. The molecule has 0 aliphatic carbocycles. The fourth-order valence-electron chi connectivity index (χ4n) is 7.90. The third-order valence-electron chi connectivity index (χ3n) is 11.9. The van der Waals surface area contributed by atoms with Gasteiger partial charge in [0.15, 0.2) is 6.10 Å². The molecule has 0 heterocycles. The maximum Gasteiger partial charge on any atom is 0.306 e. The highest BCUT2D eigenvalue weighted by molar-refractivity contribution is 5.70. The van der Waals surface area contributed by atoms with Gasteiger partial charge < -0.3 is 14.6 Å². The van der Waals surface area contributed by atoms with Crippen LogP contribution in [0.2, 0.25) is 0 Å². The van der Waals surface area contributed by atoms with Gasteiger partial charge in [-0.15, -0.1) is 0 Å². The zero-order valence-corrected chi connectivity index (χ0v) is 40.7. The lowest BCUT2D eigenvalue weighted by Crippen LogP contribution is -2.28. The normalized spacial score (nSPS) is 12.5. The molecule has 0 aromatic rings. The molecular formula is C56H102O5. The third-order valence-corrected chi connectivity index (χ3v) is 11.9. The highest BCUT2D eigenvalue weighted by Crippen LogP contribution is 2.17. The number of esters is 2. The van der Waals surface area contributed by atoms with E-state index in [2.05, 4.69) is 62.5 Å². The van der Waals surface area contributed by atoms with Gasteiger partial charge in [-0.3, -0.25) is 9.59 Å². The summed E-state index contributed by atoms with van der Waals surface area (Å²) >= 11 is 0. The lowest BCUT2D eigenvalue weighted by atomic mass is 10.0. The number of aliphatic hydroxyl groups is 1. The van der Waals surface area contributed by atoms with E-state index in [0.717, 1.165) is 64.2 Å². The van der Waals surface area contributed by atoms with Crippen LogP contribution in [-0.2, 0) is 19.1 Å². The summed E-state index contributed by atoms with van der Waals surface area (Å²) in [6.07, 6.45) is 67.9. The van der Waals surface area contributed by atoms with Gasteiger partial charge in [-0.25, -0.2) is 0 Å². The van der Waals surface area contributed by atoms with Gasteiger partial charge in [0.25, 0.3) is 0 Å². The van der Waals surface area contributed by atoms with Crippen LogP contribution in [-0.4, -0.2) is 36.4 Å². The van der Waals surface area contributed by atoms with Crippen molar-refractivity contribution in [2.45, 2.75) is 283 Å². The predicted molar refractivity (Wildman–Crippen MR) is 265 cm³/mol. The summed E-state index contributed by atoms with van der Waals surface area (Å²) in [5.41, 5.74) is 0. The van der Waals surface area contributed by atoms with Gasteiger partial charge in [-0.1, -0.05) is 262 Å². The number of unbranched alkanes of at least 4 members (excludes halogenated alkanes) is 33. The van der Waals surface area contributed by atoms with Crippen LogP contribution in [0, 0.1) is 0 Å². The summed E-state index contributed by atoms with van der Waals surface area (Å²) < 4.78 is 10.7. The van der Waals surface area contributed by atoms with Crippen molar-refractivity contribution in [3.05, 3.63) is 48.6 Å². The summed E-state index contributed by atoms with van der Waals surface area (Å²) in [4.78, 5) is 24.5. The van der Waals surface area contributed by atoms with Gasteiger partial charge >= 0.3 is 11.9 Å². The average Bonchev–Trinajstić information content (AvgIpc) is 3.26. The third kappa shape index (κ3) is 50.4. The smallest absolute Gasteiger partial charge is 0.306 e. The van der Waals surface area contributed by atoms with Crippen LogP contribution in [0.25, 0.3) is 0 Å². The molecule has 1 unspecified atom stereocenters. The van der Waals surface area contributed by atoms with E-state index in [1.807, 2.05) is 0 Å². The predicted octanol–water partition coefficient (Wildman–Crippen LogP) is 17.7. The summed E-state index contributed by atoms with van der Waals surface area (Å²) in [5, 5.41) is 9.64. The van der Waals surface area contributed by atoms with E-state index in [9.17, 15) is 14.7 Å². The van der Waals surface area contributed by atoms with Crippen molar-refractivity contribution >= 4 is 11.9 Å². The van der Waals surface area contributed by atoms with Crippen LogP contribution >= 0.6 is 0 Å². The lowest BCUT2D eigenvalue weighted by Gasteiger charge is -2.15. The van der Waals surface area contributed by atoms with Crippen molar-refractivity contribution in [2.24, 2.45) is 0 Å². The second-order valence-electron chi connectivity index (χ2n) is 17.9. The van der Waals surface area contributed by atoms with E-state index in [-0.39, 0.29) is 25.2 Å². The van der Waals surface area contributed by atoms with E-state index < -0.39 is 6.10 Å². The Bertz CT molecular complexity index is 1010. The van der Waals surface area contributed by atoms with Gasteiger partial charge in [0, 0.05) is 12.8 Å². The fraction of sp³-hybridized carbons (Fsp3) is 0.821. The van der Waals surface area contributed by atoms with Gasteiger partial charge in [-0.2, -0.15) is 0 Å². The first kappa shape index (κ1) is 58.9. The quantitative estimate of drug-likeness (QED) is 0.0375. The molecule has 0 rings (SSSR count). The first-order valence-corrected chi connectivity index (χ1v) is 26.7. The monoisotopic (exact) mass is 855 g/mol. The molecule has 0 fully saturated rings. The van der Waals surface area contributed by atoms with Gasteiger partial charge in [0.1, 0.15) is 6.61 Å². The minimum atomic E-state index is -0.774. The maximum atomic E-state index is 12.3. The lowest BCUT2D eigenvalue weighted by molar-refractivity contribution is -0.161. The molecule has 0 bridgehead atoms. The largest absolute Gasteiger partial charge is 0.462 e. The minimum absolute atomic E-state index is 0.0646. The molecule has 356 valence electrons. The van der Waals surface area contributed by atoms with Crippen molar-refractivity contribution in [1.29, 1.82) is 0 Å². The van der Waals surface area contributed by atoms with Crippen molar-refractivity contribution < 1.29 is 24.2 Å². The number of aliphatic hydroxyl groups excluding tert-OH is 1. The Morgan fingerprint density at radius 3 is 1.07 bits per heavy atom. The van der Waals surface area contributed by atoms with Crippen LogP contribution < -0.4 is 0 Å². The summed E-state index contributed by atoms with van der Waals surface area (Å²) in [6.45, 7) is 4.06. The van der Waals surface area contributed by atoms with Gasteiger partial charge in [0.2, 0.25) is 0 Å². The number of ether oxygens (including phenoxy) is 2. The highest BCUT2D eigenvalue weighted by Gasteiger charge is 2.16. The number of carbonyl (C=O) groups is 2. The maximum absolute atomic E-state index is 12.3. The number of carbonyl (C=O) groups excluding carboxylic acids is 2. The Morgan fingerprint density at radius 1 is 0.393 bits per heavy atom. The molecule has 0 spiro atoms. The second-order valence-corrected chi connectivity index (χ2v) is 17.9. The Kier molecular flexibility index (Phi) is 50.4. The molecule has 0 aliphatic heterocycles. The van der Waals surface area contributed by atoms with Crippen molar-refractivity contribution in [2.75, 3.05) is 13.2 Å². The standard InChI is InChI=1S/C56H102O5/c1-3-5-7-9-11-13-15-17-19-21-23-25-27-29-30-32-34-36-38-40-42-44-46-48-50-55(58)60-53-54(52-57)61-56(59)51-49-47-45-43-41-39-37-35-33-31-28-26-24-22-20-18-16-14-12-10-8-6-4-2/h6,8,12,14,18,20,24,26,54,57H,3-5,7,9-11,13,15-17,19,21-23,25,27-53H2,1-2H3/b8-6-,14-12-,20-18-,26-24-. The molecule has 0 aromatic carbocycles. The minimum Gasteiger partial charge on any atom is -0.462 e. The van der Waals surface area contributed by atoms with E-state index in [0.29, 0.717) is 12.8 Å². The van der Waals surface area contributed by atoms with Gasteiger partial charge in [-0.05, 0) is 51.4 Å². The summed E-state index contributed by atoms with van der Waals surface area (Å²) in [7, 11) is 0. The molecular weight excluding hydrogens is 753 g/mol. The number of allylic oxidation sites excluding steroid dienone is 8. The number of hydrogen-bond acceptors (Lipinski definition) is 5. The number of rotatable bonds is 49. The molecule has 0 radical (unpaired) electrons. The van der Waals surface area contributed by atoms with Gasteiger partial charge in [0.05, 0.1) is 6.61 Å². The molecule has 0 saturated carbocycles. The zero-order valence-electron chi connectivity index (χ0n) is 40.7. The Morgan fingerprint density at radius 2 is 0.705 bits per heavy atom. The first-order valence-electron chi connectivity index (χ1n) is 26.7. The Balaban J connectivity index is 3.47. The highest BCUT2D eigenvalue weighted by atomic mass is 16.6. The van der Waals surface area contributed by atoms with Crippen molar-refractivity contribution in [3.8, 4) is 0 Å². The Hall–Kier alpha value is -2.14. The van der Waals surface area contributed by atoms with Crippen molar-refractivity contribution in [1.82, 2.24) is 0 Å². The van der Waals surface area contributed by atoms with Crippen LogP contribution in [0.1, 0.15) is 277 Å². The van der Waals surface area contributed by atoms with E-state index in [4.69, 9.17) is 9.47 Å². The van der Waals surface area contributed by atoms with Crippen molar-refractivity contribution in [3.63, 3.8) is 0 Å². The molecule has 5 nitrogen and oxygen atoms in total. The van der Waals surface area contributed by atoms with E-state index in [1.54, 1.807) is 0 Å². The summed E-state index contributed by atoms with van der Waals surface area (Å²) in [6, 6.07) is 0. The molecule has 0 amide bonds. The SMILES string of the molecule is CC/C=C\C/C=C\C/C=C\C/C=C\CCCCCCCCCCCCC(=O)OC(CO)COC(=O)CCCCCCCCCCCCCCCCCCCCCCCCCC. The number of hydrogen-bond donors (Lipinski definition) is 1. The van der Waals surface area contributed by atoms with Crippen LogP contribution in [0.3, 0.4) is 0 Å². The topological polar surface area (TPSA) is 72.8 Å². The summed E-state index contributed by atoms with van der Waals surface area (Å²) in [5.74, 6) is -0.583. The molecule has 1 N–H and O–H groups in total. The molecule has 61 heavy (non-hydrogen) atoms. The van der Waals surface area contributed by atoms with E-state index in [1.165, 1.54) is 186 Å². The first-order chi connectivity index (χ1) is 30.1. The second kappa shape index (κ2) is 52.2. The molecule has 5 heteroatoms. The Labute approximate surface area is 379 Å². The van der Waals surface area contributed by atoms with Crippen LogP contribution in [0.15, 0.2) is 48.6 Å². The molecule has 1 atom stereocenters. The van der Waals surface area contributed by atoms with Crippen LogP contribution in [0.4, 0.5) is 0 Å².